The van der Waals surface area contributed by atoms with Crippen LogP contribution >= 0.6 is 0 Å². The minimum absolute atomic E-state index is 0.100. The lowest BCUT2D eigenvalue weighted by atomic mass is 10.4. The quantitative estimate of drug-likeness (QED) is 0.461. The molecule has 0 aromatic heterocycles. The second-order valence-corrected chi connectivity index (χ2v) is 1.81. The van der Waals surface area contributed by atoms with Crippen molar-refractivity contribution in [3.05, 3.63) is 36.6 Å². The molecule has 0 radical (unpaired) electrons. The molecular weight excluding hydrogens is 130 g/mol. The number of ether oxygens (including phenoxy) is 1. The van der Waals surface area contributed by atoms with Crippen LogP contribution in [0.4, 0.5) is 0 Å². The topological polar surface area (TPSA) is 55.5 Å². The van der Waals surface area contributed by atoms with Gasteiger partial charge in [0.25, 0.3) is 0 Å². The van der Waals surface area contributed by atoms with Gasteiger partial charge in [-0.2, -0.15) is 0 Å². The highest BCUT2D eigenvalue weighted by Crippen LogP contribution is 2.06. The smallest absolute Gasteiger partial charge is 0.145 e. The van der Waals surface area contributed by atoms with Crippen LogP contribution in [0.5, 0.6) is 0 Å². The summed E-state index contributed by atoms with van der Waals surface area (Å²) < 4.78 is 4.86. The molecule has 0 atom stereocenters. The number of nitrogens with two attached hydrogens (primary N) is 1. The van der Waals surface area contributed by atoms with Crippen LogP contribution in [0, 0.1) is 0 Å². The van der Waals surface area contributed by atoms with Gasteiger partial charge in [-0.1, -0.05) is 13.2 Å². The fourth-order valence-electron chi connectivity index (χ4n) is 0.341. The molecular formula is C7H11NO2. The van der Waals surface area contributed by atoms with E-state index in [0.717, 1.165) is 6.26 Å². The Balaban J connectivity index is 3.99. The first-order valence-corrected chi connectivity index (χ1v) is 2.70. The van der Waals surface area contributed by atoms with Crippen molar-refractivity contribution < 1.29 is 9.84 Å². The molecule has 0 aliphatic heterocycles. The molecule has 3 heteroatoms. The summed E-state index contributed by atoms with van der Waals surface area (Å²) in [5.74, 6) is 0.685. The van der Waals surface area contributed by atoms with Crippen LogP contribution in [-0.4, -0.2) is 5.11 Å². The van der Waals surface area contributed by atoms with Crippen LogP contribution in [0.1, 0.15) is 6.92 Å². The molecule has 0 aromatic rings. The van der Waals surface area contributed by atoms with E-state index in [-0.39, 0.29) is 11.5 Å². The van der Waals surface area contributed by atoms with Gasteiger partial charge in [0.05, 0.1) is 5.76 Å². The third-order valence-corrected chi connectivity index (χ3v) is 0.758. The van der Waals surface area contributed by atoms with Crippen molar-refractivity contribution in [1.82, 2.24) is 0 Å². The number of hydrogen-bond acceptors (Lipinski definition) is 3. The molecule has 0 unspecified atom stereocenters. The highest BCUT2D eigenvalue weighted by atomic mass is 16.5. The molecule has 0 aromatic carbocycles. The number of hydrogen-bond donors (Lipinski definition) is 2. The van der Waals surface area contributed by atoms with Crippen LogP contribution in [-0.2, 0) is 4.74 Å². The van der Waals surface area contributed by atoms with Crippen LogP contribution < -0.4 is 5.73 Å². The number of aliphatic hydroxyl groups excluding tert-OH is 1. The van der Waals surface area contributed by atoms with Crippen LogP contribution in [0.25, 0.3) is 0 Å². The van der Waals surface area contributed by atoms with Crippen molar-refractivity contribution in [2.45, 2.75) is 6.92 Å². The van der Waals surface area contributed by atoms with Gasteiger partial charge in [-0.05, 0) is 6.92 Å². The largest absolute Gasteiger partial charge is 0.513 e. The minimum Gasteiger partial charge on any atom is -0.513 e. The third-order valence-electron chi connectivity index (χ3n) is 0.758. The Morgan fingerprint density at radius 3 is 2.40 bits per heavy atom. The first-order chi connectivity index (χ1) is 4.57. The molecule has 0 spiro atoms. The van der Waals surface area contributed by atoms with E-state index in [0.29, 0.717) is 5.76 Å². The molecule has 3 nitrogen and oxygen atoms in total. The van der Waals surface area contributed by atoms with Gasteiger partial charge < -0.3 is 15.6 Å². The summed E-state index contributed by atoms with van der Waals surface area (Å²) >= 11 is 0. The molecule has 0 aliphatic carbocycles. The zero-order valence-corrected chi connectivity index (χ0v) is 5.92. The summed E-state index contributed by atoms with van der Waals surface area (Å²) in [6.45, 7) is 8.56. The first-order valence-electron chi connectivity index (χ1n) is 2.70. The maximum atomic E-state index is 8.36. The molecule has 0 fully saturated rings. The Morgan fingerprint density at radius 2 is 2.10 bits per heavy atom. The predicted octanol–water partition coefficient (Wildman–Crippen LogP) is 1.41. The van der Waals surface area contributed by atoms with Gasteiger partial charge in [-0.3, -0.25) is 0 Å². The lowest BCUT2D eigenvalue weighted by Crippen LogP contribution is -2.02. The molecule has 0 bridgehead atoms. The fraction of sp³-hybridized carbons (Fsp3) is 0.143. The van der Waals surface area contributed by atoms with Crippen molar-refractivity contribution in [3.63, 3.8) is 0 Å². The Hall–Kier alpha value is -1.38. The van der Waals surface area contributed by atoms with E-state index in [2.05, 4.69) is 13.2 Å². The molecule has 0 aliphatic rings. The standard InChI is InChI=1S/C7H11NO2/c1-5(2)10-6(3)7(8)4-9/h4,9H,1,3,8H2,2H3/b7-4-. The van der Waals surface area contributed by atoms with Crippen molar-refractivity contribution in [1.29, 1.82) is 0 Å². The van der Waals surface area contributed by atoms with E-state index < -0.39 is 0 Å². The van der Waals surface area contributed by atoms with Gasteiger partial charge in [0.15, 0.2) is 0 Å². The summed E-state index contributed by atoms with van der Waals surface area (Å²) in [4.78, 5) is 0. The molecule has 56 valence electrons. The van der Waals surface area contributed by atoms with Gasteiger partial charge in [-0.25, -0.2) is 0 Å². The Kier molecular flexibility index (Phi) is 3.11. The second kappa shape index (κ2) is 3.61. The SMILES string of the molecule is C=C(C)OC(=C)/C(N)=C/O. The maximum Gasteiger partial charge on any atom is 0.145 e. The van der Waals surface area contributed by atoms with Crippen LogP contribution in [0.15, 0.2) is 36.6 Å². The monoisotopic (exact) mass is 141 g/mol. The molecule has 0 saturated carbocycles. The highest BCUT2D eigenvalue weighted by molar-refractivity contribution is 5.18. The van der Waals surface area contributed by atoms with E-state index in [4.69, 9.17) is 15.6 Å². The number of allylic oxidation sites excluding steroid dienone is 1. The average molecular weight is 141 g/mol. The van der Waals surface area contributed by atoms with Crippen LogP contribution in [0.3, 0.4) is 0 Å². The Morgan fingerprint density at radius 1 is 1.60 bits per heavy atom. The van der Waals surface area contributed by atoms with Crippen molar-refractivity contribution >= 4 is 0 Å². The normalized spacial score (nSPS) is 10.7. The van der Waals surface area contributed by atoms with Gasteiger partial charge in [0.2, 0.25) is 0 Å². The van der Waals surface area contributed by atoms with Crippen molar-refractivity contribution in [2.24, 2.45) is 5.73 Å². The molecule has 0 heterocycles. The average Bonchev–Trinajstić information content (AvgIpc) is 1.85. The highest BCUT2D eigenvalue weighted by Gasteiger charge is 1.97. The second-order valence-electron chi connectivity index (χ2n) is 1.81. The van der Waals surface area contributed by atoms with Crippen molar-refractivity contribution in [3.8, 4) is 0 Å². The Bertz CT molecular complexity index is 182. The lowest BCUT2D eigenvalue weighted by molar-refractivity contribution is 0.315. The molecule has 0 rings (SSSR count). The maximum absolute atomic E-state index is 8.36. The van der Waals surface area contributed by atoms with E-state index in [9.17, 15) is 0 Å². The Labute approximate surface area is 60.1 Å². The molecule has 0 saturated heterocycles. The van der Waals surface area contributed by atoms with Crippen LogP contribution in [0.2, 0.25) is 0 Å². The van der Waals surface area contributed by atoms with Crippen molar-refractivity contribution in [2.75, 3.05) is 0 Å². The van der Waals surface area contributed by atoms with E-state index in [1.165, 1.54) is 0 Å². The van der Waals surface area contributed by atoms with Gasteiger partial charge >= 0.3 is 0 Å². The summed E-state index contributed by atoms with van der Waals surface area (Å²) in [6.07, 6.45) is 0.727. The van der Waals surface area contributed by atoms with E-state index in [1.54, 1.807) is 6.92 Å². The fourth-order valence-corrected chi connectivity index (χ4v) is 0.341. The van der Waals surface area contributed by atoms with E-state index in [1.807, 2.05) is 0 Å². The van der Waals surface area contributed by atoms with Gasteiger partial charge in [0, 0.05) is 0 Å². The molecule has 10 heavy (non-hydrogen) atoms. The predicted molar refractivity (Wildman–Crippen MR) is 39.9 cm³/mol. The summed E-state index contributed by atoms with van der Waals surface area (Å²) in [7, 11) is 0. The zero-order valence-electron chi connectivity index (χ0n) is 5.92. The first kappa shape index (κ1) is 8.62. The minimum atomic E-state index is 0.100. The number of rotatable bonds is 3. The lowest BCUT2D eigenvalue weighted by Gasteiger charge is -2.05. The molecule has 0 amide bonds. The number of aliphatic hydroxyl groups is 1. The third kappa shape index (κ3) is 2.81. The summed E-state index contributed by atoms with van der Waals surface area (Å²) in [6, 6.07) is 0. The van der Waals surface area contributed by atoms with E-state index >= 15 is 0 Å². The van der Waals surface area contributed by atoms with Gasteiger partial charge in [0.1, 0.15) is 17.7 Å². The zero-order chi connectivity index (χ0) is 8.15. The van der Waals surface area contributed by atoms with Gasteiger partial charge in [-0.15, -0.1) is 0 Å². The summed E-state index contributed by atoms with van der Waals surface area (Å²) in [5, 5.41) is 8.36. The molecule has 3 N–H and O–H groups in total. The summed E-state index contributed by atoms with van der Waals surface area (Å²) in [5.41, 5.74) is 5.31.